The summed E-state index contributed by atoms with van der Waals surface area (Å²) in [5.74, 6) is 0. The van der Waals surface area contributed by atoms with Gasteiger partial charge < -0.3 is 0 Å². The van der Waals surface area contributed by atoms with E-state index in [2.05, 4.69) is 0 Å². The van der Waals surface area contributed by atoms with Gasteiger partial charge in [-0.25, -0.2) is 8.42 Å². The van der Waals surface area contributed by atoms with Crippen LogP contribution in [0, 0.1) is 0 Å². The third-order valence-corrected chi connectivity index (χ3v) is 6.57. The first-order valence-electron chi connectivity index (χ1n) is 9.31. The van der Waals surface area contributed by atoms with Crippen LogP contribution in [0.4, 0.5) is 0 Å². The maximum Gasteiger partial charge on any atom is 0.246 e. The number of hydrogen-bond donors (Lipinski definition) is 0. The Hall–Kier alpha value is -0.880. The lowest BCUT2D eigenvalue weighted by Gasteiger charge is -2.23. The highest BCUT2D eigenvalue weighted by Crippen LogP contribution is 2.34. The fraction of sp³-hybridized carbons (Fsp3) is 0.833. The third kappa shape index (κ3) is 4.02. The first-order chi connectivity index (χ1) is 11.2. The first-order valence-corrected chi connectivity index (χ1v) is 10.8. The lowest BCUT2D eigenvalue weighted by Crippen LogP contribution is -2.33. The van der Waals surface area contributed by atoms with Gasteiger partial charge in [0.2, 0.25) is 10.0 Å². The van der Waals surface area contributed by atoms with Crippen LogP contribution in [0.25, 0.3) is 0 Å². The van der Waals surface area contributed by atoms with E-state index < -0.39 is 10.0 Å². The molecular weight excluding hydrogens is 322 g/mol. The molecule has 0 bridgehead atoms. The van der Waals surface area contributed by atoms with Crippen LogP contribution in [0.1, 0.15) is 84.9 Å². The van der Waals surface area contributed by atoms with Crippen LogP contribution in [0.5, 0.6) is 0 Å². The summed E-state index contributed by atoms with van der Waals surface area (Å²) in [5.41, 5.74) is 0.405. The van der Waals surface area contributed by atoms with E-state index in [4.69, 9.17) is 5.10 Å². The molecule has 0 aromatic carbocycles. The van der Waals surface area contributed by atoms with Crippen molar-refractivity contribution in [1.82, 2.24) is 14.1 Å². The van der Waals surface area contributed by atoms with Gasteiger partial charge in [0.05, 0.1) is 11.7 Å². The number of rotatable bonds is 7. The Kier molecular flexibility index (Phi) is 6.13. The summed E-state index contributed by atoms with van der Waals surface area (Å²) in [7, 11) is -3.50. The number of aromatic nitrogens is 2. The van der Waals surface area contributed by atoms with Crippen molar-refractivity contribution in [3.05, 3.63) is 11.9 Å². The quantitative estimate of drug-likeness (QED) is 0.740. The van der Waals surface area contributed by atoms with Gasteiger partial charge in [0, 0.05) is 24.7 Å². The average molecular weight is 356 g/mol. The van der Waals surface area contributed by atoms with Crippen molar-refractivity contribution < 1.29 is 8.42 Å². The molecule has 0 aliphatic heterocycles. The zero-order valence-corrected chi connectivity index (χ0v) is 16.7. The second kappa shape index (κ2) is 7.56. The minimum absolute atomic E-state index is 0.295. The molecule has 1 heterocycles. The van der Waals surface area contributed by atoms with Gasteiger partial charge >= 0.3 is 0 Å². The van der Waals surface area contributed by atoms with Gasteiger partial charge in [-0.2, -0.15) is 9.40 Å². The van der Waals surface area contributed by atoms with Crippen molar-refractivity contribution >= 4 is 10.0 Å². The smallest absolute Gasteiger partial charge is 0.246 e. The molecule has 6 heteroatoms. The van der Waals surface area contributed by atoms with Crippen molar-refractivity contribution in [3.8, 4) is 0 Å². The Balaban J connectivity index is 2.49. The van der Waals surface area contributed by atoms with E-state index in [9.17, 15) is 8.42 Å². The predicted octanol–water partition coefficient (Wildman–Crippen LogP) is 4.11. The van der Waals surface area contributed by atoms with Crippen molar-refractivity contribution in [2.75, 3.05) is 13.1 Å². The van der Waals surface area contributed by atoms with Gasteiger partial charge in [-0.15, -0.1) is 0 Å². The zero-order valence-electron chi connectivity index (χ0n) is 15.9. The molecule has 1 aliphatic carbocycles. The van der Waals surface area contributed by atoms with Crippen LogP contribution < -0.4 is 0 Å². The highest BCUT2D eigenvalue weighted by molar-refractivity contribution is 7.89. The summed E-state index contributed by atoms with van der Waals surface area (Å²) in [5, 5.41) is 4.74. The Morgan fingerprint density at radius 2 is 1.71 bits per heavy atom. The molecule has 24 heavy (non-hydrogen) atoms. The van der Waals surface area contributed by atoms with E-state index in [1.54, 1.807) is 10.5 Å². The summed E-state index contributed by atoms with van der Waals surface area (Å²) in [6, 6.07) is 0.348. The monoisotopic (exact) mass is 355 g/mol. The minimum atomic E-state index is -3.50. The average Bonchev–Trinajstić information content (AvgIpc) is 3.15. The van der Waals surface area contributed by atoms with Crippen molar-refractivity contribution in [3.63, 3.8) is 0 Å². The lowest BCUT2D eigenvalue weighted by molar-refractivity contribution is 0.407. The molecule has 0 amide bonds. The van der Waals surface area contributed by atoms with Crippen LogP contribution in [0.15, 0.2) is 11.1 Å². The molecule has 1 aliphatic rings. The molecule has 138 valence electrons. The van der Waals surface area contributed by atoms with Crippen LogP contribution in [-0.2, 0) is 15.4 Å². The summed E-state index contributed by atoms with van der Waals surface area (Å²) in [4.78, 5) is 0.406. The van der Waals surface area contributed by atoms with E-state index in [0.717, 1.165) is 25.7 Å². The summed E-state index contributed by atoms with van der Waals surface area (Å²) >= 11 is 0. The van der Waals surface area contributed by atoms with E-state index in [1.807, 2.05) is 39.3 Å². The molecular formula is C18H33N3O2S. The molecule has 1 aromatic rings. The van der Waals surface area contributed by atoms with Gasteiger partial charge in [0.15, 0.2) is 0 Å². The van der Waals surface area contributed by atoms with Crippen molar-refractivity contribution in [2.45, 2.75) is 89.5 Å². The first kappa shape index (κ1) is 19.4. The highest BCUT2D eigenvalue weighted by atomic mass is 32.2. The topological polar surface area (TPSA) is 55.2 Å². The van der Waals surface area contributed by atoms with Gasteiger partial charge in [-0.3, -0.25) is 4.68 Å². The Labute approximate surface area is 147 Å². The van der Waals surface area contributed by atoms with Crippen molar-refractivity contribution in [1.29, 1.82) is 0 Å². The predicted molar refractivity (Wildman–Crippen MR) is 97.8 cm³/mol. The van der Waals surface area contributed by atoms with Gasteiger partial charge in [0.1, 0.15) is 4.90 Å². The molecule has 5 nitrogen and oxygen atoms in total. The summed E-state index contributed by atoms with van der Waals surface area (Å²) in [6.07, 6.45) is 8.03. The molecule has 0 saturated heterocycles. The molecule has 0 spiro atoms. The van der Waals surface area contributed by atoms with Crippen LogP contribution in [0.2, 0.25) is 0 Å². The van der Waals surface area contributed by atoms with Gasteiger partial charge in [-0.05, 0) is 25.7 Å². The molecule has 0 N–H and O–H groups in total. The molecule has 1 aromatic heterocycles. The maximum atomic E-state index is 13.3. The SMILES string of the molecule is CCCN(CCC)S(=O)(=O)c1cn(C2CCCC2)nc1C(C)(C)C. The Bertz CT molecular complexity index is 632. The van der Waals surface area contributed by atoms with Crippen LogP contribution in [0.3, 0.4) is 0 Å². The number of hydrogen-bond acceptors (Lipinski definition) is 3. The minimum Gasteiger partial charge on any atom is -0.268 e. The molecule has 0 radical (unpaired) electrons. The zero-order chi connectivity index (χ0) is 18.0. The van der Waals surface area contributed by atoms with Crippen molar-refractivity contribution in [2.24, 2.45) is 0 Å². The number of sulfonamides is 1. The normalized spacial score (nSPS) is 17.1. The highest BCUT2D eigenvalue weighted by Gasteiger charge is 2.34. The van der Waals surface area contributed by atoms with Gasteiger partial charge in [-0.1, -0.05) is 47.5 Å². The third-order valence-electron chi connectivity index (χ3n) is 4.67. The molecule has 0 atom stereocenters. The molecule has 1 fully saturated rings. The van der Waals surface area contributed by atoms with E-state index in [0.29, 0.717) is 29.7 Å². The maximum absolute atomic E-state index is 13.3. The Morgan fingerprint density at radius 3 is 2.17 bits per heavy atom. The standard InChI is InChI=1S/C18H33N3O2S/c1-6-12-20(13-7-2)24(22,23)16-14-21(15-10-8-9-11-15)19-17(16)18(3,4)5/h14-15H,6-13H2,1-5H3. The fourth-order valence-electron chi connectivity index (χ4n) is 3.43. The van der Waals surface area contributed by atoms with Gasteiger partial charge in [0.25, 0.3) is 0 Å². The molecule has 0 unspecified atom stereocenters. The van der Waals surface area contributed by atoms with E-state index in [1.165, 1.54) is 12.8 Å². The molecule has 1 saturated carbocycles. The molecule has 2 rings (SSSR count). The number of nitrogens with zero attached hydrogens (tertiary/aromatic N) is 3. The van der Waals surface area contributed by atoms with E-state index >= 15 is 0 Å². The summed E-state index contributed by atoms with van der Waals surface area (Å²) < 4.78 is 30.1. The fourth-order valence-corrected chi connectivity index (χ4v) is 5.39. The largest absolute Gasteiger partial charge is 0.268 e. The van der Waals surface area contributed by atoms with Crippen LogP contribution >= 0.6 is 0 Å². The summed E-state index contributed by atoms with van der Waals surface area (Å²) in [6.45, 7) is 11.3. The second-order valence-corrected chi connectivity index (χ2v) is 9.82. The Morgan fingerprint density at radius 1 is 1.17 bits per heavy atom. The van der Waals surface area contributed by atoms with Crippen LogP contribution in [-0.4, -0.2) is 35.6 Å². The second-order valence-electron chi connectivity index (χ2n) is 7.91. The lowest BCUT2D eigenvalue weighted by atomic mass is 9.92. The van der Waals surface area contributed by atoms with E-state index in [-0.39, 0.29) is 5.41 Å².